The highest BCUT2D eigenvalue weighted by Crippen LogP contribution is 2.53. The van der Waals surface area contributed by atoms with Crippen molar-refractivity contribution in [1.82, 2.24) is 4.90 Å². The third-order valence-corrected chi connectivity index (χ3v) is 6.28. The minimum atomic E-state index is -0.948. The van der Waals surface area contributed by atoms with Gasteiger partial charge in [0.1, 0.15) is 11.4 Å². The van der Waals surface area contributed by atoms with Crippen LogP contribution >= 0.6 is 15.9 Å². The standard InChI is InChI=1S/C18H22BrN3O2/c1-11-5-7-17(8-6-11)10-18(15(23)22(2)16(20)21-18)13-9-12(19)3-4-14(13)24-17/h3-4,9,11H,5-8,10H2,1-2H3,(H2,20,21). The molecule has 1 aromatic carbocycles. The molecule has 2 aliphatic heterocycles. The van der Waals surface area contributed by atoms with Gasteiger partial charge >= 0.3 is 0 Å². The summed E-state index contributed by atoms with van der Waals surface area (Å²) in [5.41, 5.74) is 5.56. The van der Waals surface area contributed by atoms with Crippen molar-refractivity contribution in [3.63, 3.8) is 0 Å². The Morgan fingerprint density at radius 2 is 2.08 bits per heavy atom. The minimum Gasteiger partial charge on any atom is -0.487 e. The van der Waals surface area contributed by atoms with Gasteiger partial charge in [0.05, 0.1) is 0 Å². The number of carbonyl (C=O) groups excluding carboxylic acids is 1. The number of amides is 1. The van der Waals surface area contributed by atoms with E-state index in [-0.39, 0.29) is 17.5 Å². The number of carbonyl (C=O) groups is 1. The topological polar surface area (TPSA) is 67.9 Å². The van der Waals surface area contributed by atoms with E-state index in [9.17, 15) is 4.79 Å². The molecule has 6 heteroatoms. The van der Waals surface area contributed by atoms with Crippen LogP contribution in [0.15, 0.2) is 27.7 Å². The summed E-state index contributed by atoms with van der Waals surface area (Å²) in [6.45, 7) is 2.28. The number of hydrogen-bond acceptors (Lipinski definition) is 4. The molecule has 4 rings (SSSR count). The Morgan fingerprint density at radius 1 is 1.38 bits per heavy atom. The molecule has 1 aromatic rings. The highest BCUT2D eigenvalue weighted by atomic mass is 79.9. The summed E-state index contributed by atoms with van der Waals surface area (Å²) in [6.07, 6.45) is 4.71. The molecular formula is C18H22BrN3O2. The van der Waals surface area contributed by atoms with Crippen LogP contribution in [-0.2, 0) is 10.3 Å². The highest BCUT2D eigenvalue weighted by molar-refractivity contribution is 9.10. The Labute approximate surface area is 150 Å². The van der Waals surface area contributed by atoms with Gasteiger partial charge in [0, 0.05) is 23.5 Å². The van der Waals surface area contributed by atoms with Gasteiger partial charge in [-0.2, -0.15) is 0 Å². The summed E-state index contributed by atoms with van der Waals surface area (Å²) < 4.78 is 7.38. The number of ether oxygens (including phenoxy) is 1. The van der Waals surface area contributed by atoms with E-state index >= 15 is 0 Å². The molecule has 5 nitrogen and oxygen atoms in total. The average molecular weight is 392 g/mol. The van der Waals surface area contributed by atoms with Gasteiger partial charge in [-0.05, 0) is 49.8 Å². The second kappa shape index (κ2) is 5.22. The van der Waals surface area contributed by atoms with E-state index in [4.69, 9.17) is 10.5 Å². The number of fused-ring (bicyclic) bond motifs is 2. The van der Waals surface area contributed by atoms with Gasteiger partial charge in [0.2, 0.25) is 0 Å². The van der Waals surface area contributed by atoms with E-state index in [0.29, 0.717) is 12.3 Å². The van der Waals surface area contributed by atoms with Gasteiger partial charge in [-0.25, -0.2) is 4.99 Å². The Balaban J connectivity index is 1.87. The molecule has 1 amide bonds. The van der Waals surface area contributed by atoms with Crippen molar-refractivity contribution in [2.24, 2.45) is 16.6 Å². The first-order chi connectivity index (χ1) is 11.4. The number of likely N-dealkylation sites (N-methyl/N-ethyl adjacent to an activating group) is 1. The van der Waals surface area contributed by atoms with Crippen molar-refractivity contribution in [1.29, 1.82) is 0 Å². The Kier molecular flexibility index (Phi) is 3.46. The predicted molar refractivity (Wildman–Crippen MR) is 95.8 cm³/mol. The lowest BCUT2D eigenvalue weighted by molar-refractivity contribution is -0.135. The smallest absolute Gasteiger partial charge is 0.261 e. The summed E-state index contributed by atoms with van der Waals surface area (Å²) in [7, 11) is 1.69. The molecule has 128 valence electrons. The monoisotopic (exact) mass is 391 g/mol. The Morgan fingerprint density at radius 3 is 2.71 bits per heavy atom. The van der Waals surface area contributed by atoms with Gasteiger partial charge in [0.25, 0.3) is 5.91 Å². The van der Waals surface area contributed by atoms with E-state index in [1.54, 1.807) is 7.05 Å². The van der Waals surface area contributed by atoms with Crippen LogP contribution in [-0.4, -0.2) is 29.4 Å². The number of nitrogens with two attached hydrogens (primary N) is 1. The fraction of sp³-hybridized carbons (Fsp3) is 0.556. The van der Waals surface area contributed by atoms with E-state index in [1.165, 1.54) is 4.90 Å². The maximum Gasteiger partial charge on any atom is 0.261 e. The Bertz CT molecular complexity index is 740. The number of nitrogens with zero attached hydrogens (tertiary/aromatic N) is 2. The summed E-state index contributed by atoms with van der Waals surface area (Å²) in [4.78, 5) is 19.2. The van der Waals surface area contributed by atoms with E-state index < -0.39 is 5.54 Å². The minimum absolute atomic E-state index is 0.0550. The third kappa shape index (κ3) is 2.19. The van der Waals surface area contributed by atoms with Gasteiger partial charge < -0.3 is 10.5 Å². The SMILES string of the molecule is CC1CCC2(CC1)CC1(N=C(N)N(C)C1=O)c1cc(Br)ccc1O2. The second-order valence-electron chi connectivity index (χ2n) is 7.48. The molecule has 1 saturated carbocycles. The largest absolute Gasteiger partial charge is 0.487 e. The normalized spacial score (nSPS) is 35.1. The average Bonchev–Trinajstić information content (AvgIpc) is 2.76. The van der Waals surface area contributed by atoms with E-state index in [2.05, 4.69) is 27.8 Å². The van der Waals surface area contributed by atoms with Crippen LogP contribution in [0.5, 0.6) is 5.75 Å². The molecule has 24 heavy (non-hydrogen) atoms. The van der Waals surface area contributed by atoms with E-state index in [1.807, 2.05) is 18.2 Å². The van der Waals surface area contributed by atoms with Gasteiger partial charge in [-0.3, -0.25) is 9.69 Å². The van der Waals surface area contributed by atoms with E-state index in [0.717, 1.165) is 41.5 Å². The van der Waals surface area contributed by atoms with Crippen LogP contribution < -0.4 is 10.5 Å². The molecule has 0 saturated heterocycles. The maximum absolute atomic E-state index is 13.1. The summed E-state index contributed by atoms with van der Waals surface area (Å²) in [5.74, 6) is 1.70. The summed E-state index contributed by atoms with van der Waals surface area (Å²) in [5, 5.41) is 0. The molecule has 3 aliphatic rings. The van der Waals surface area contributed by atoms with Crippen molar-refractivity contribution >= 4 is 27.8 Å². The van der Waals surface area contributed by atoms with Crippen molar-refractivity contribution in [3.8, 4) is 5.75 Å². The number of rotatable bonds is 0. The lowest BCUT2D eigenvalue weighted by atomic mass is 9.69. The number of guanidine groups is 1. The van der Waals surface area contributed by atoms with Gasteiger partial charge in [0.15, 0.2) is 11.5 Å². The maximum atomic E-state index is 13.1. The lowest BCUT2D eigenvalue weighted by Gasteiger charge is -2.47. The first-order valence-corrected chi connectivity index (χ1v) is 9.27. The number of benzene rings is 1. The second-order valence-corrected chi connectivity index (χ2v) is 8.39. The van der Waals surface area contributed by atoms with Gasteiger partial charge in [-0.1, -0.05) is 22.9 Å². The first-order valence-electron chi connectivity index (χ1n) is 8.48. The molecule has 0 aromatic heterocycles. The van der Waals surface area contributed by atoms with Crippen molar-refractivity contribution in [2.75, 3.05) is 7.05 Å². The zero-order valence-electron chi connectivity index (χ0n) is 14.0. The molecule has 0 radical (unpaired) electrons. The fourth-order valence-electron chi connectivity index (χ4n) is 4.30. The van der Waals surface area contributed by atoms with Crippen molar-refractivity contribution < 1.29 is 9.53 Å². The lowest BCUT2D eigenvalue weighted by Crippen LogP contribution is -2.53. The molecule has 1 unspecified atom stereocenters. The molecular weight excluding hydrogens is 370 g/mol. The molecule has 1 fully saturated rings. The van der Waals surface area contributed by atoms with Crippen LogP contribution in [0.3, 0.4) is 0 Å². The Hall–Kier alpha value is -1.56. The van der Waals surface area contributed by atoms with Gasteiger partial charge in [-0.15, -0.1) is 0 Å². The number of aliphatic imine (C=N–C) groups is 1. The molecule has 2 heterocycles. The number of hydrogen-bond donors (Lipinski definition) is 1. The third-order valence-electron chi connectivity index (χ3n) is 5.78. The van der Waals surface area contributed by atoms with Crippen LogP contribution in [0.25, 0.3) is 0 Å². The van der Waals surface area contributed by atoms with Crippen LogP contribution in [0.2, 0.25) is 0 Å². The van der Waals surface area contributed by atoms with Crippen LogP contribution in [0, 0.1) is 5.92 Å². The molecule has 2 N–H and O–H groups in total. The molecule has 0 bridgehead atoms. The first kappa shape index (κ1) is 15.9. The van der Waals surface area contributed by atoms with Crippen molar-refractivity contribution in [2.45, 2.75) is 50.2 Å². The summed E-state index contributed by atoms with van der Waals surface area (Å²) in [6, 6.07) is 5.84. The predicted octanol–water partition coefficient (Wildman–Crippen LogP) is 3.16. The van der Waals surface area contributed by atoms with Crippen molar-refractivity contribution in [3.05, 3.63) is 28.2 Å². The number of halogens is 1. The highest BCUT2D eigenvalue weighted by Gasteiger charge is 2.58. The zero-order valence-corrected chi connectivity index (χ0v) is 15.6. The zero-order chi connectivity index (χ0) is 17.1. The van der Waals surface area contributed by atoms with Crippen LogP contribution in [0.4, 0.5) is 0 Å². The molecule has 1 aliphatic carbocycles. The summed E-state index contributed by atoms with van der Waals surface area (Å²) >= 11 is 3.51. The fourth-order valence-corrected chi connectivity index (χ4v) is 4.66. The molecule has 1 atom stereocenters. The quantitative estimate of drug-likeness (QED) is 0.738. The molecule has 2 spiro atoms. The van der Waals surface area contributed by atoms with Crippen LogP contribution in [0.1, 0.15) is 44.6 Å².